The molecule has 2 N–H and O–H groups in total. The molecule has 4 heterocycles. The Balaban J connectivity index is 0.000000275. The highest BCUT2D eigenvalue weighted by molar-refractivity contribution is 6.07. The number of benzene rings is 7. The van der Waals surface area contributed by atoms with Gasteiger partial charge in [-0.05, 0) is 106 Å². The number of para-hydroxylation sites is 3. The summed E-state index contributed by atoms with van der Waals surface area (Å²) >= 11 is 0. The molecule has 13 rings (SSSR count). The van der Waals surface area contributed by atoms with Crippen LogP contribution in [-0.4, -0.2) is 27.0 Å². The van der Waals surface area contributed by atoms with Gasteiger partial charge in [-0.3, -0.25) is 0 Å². The van der Waals surface area contributed by atoms with Crippen LogP contribution in [0.5, 0.6) is 5.75 Å². The SMILES string of the molecule is COc1ccccc1-c1ccc2ccc3ccc(-c4cccc(C5CC(C)(C)C=c6[nH]c7cc8c(cc7c65)-c5ccccc5C=8)c4)nc3c2n1.c1ccc2c(c1)[nH]c1ccccc12. The van der Waals surface area contributed by atoms with Crippen LogP contribution >= 0.6 is 0 Å². The average molecular weight is 813 g/mol. The number of pyridine rings is 2. The van der Waals surface area contributed by atoms with Crippen LogP contribution in [0.2, 0.25) is 0 Å². The lowest BCUT2D eigenvalue weighted by Crippen LogP contribution is -2.27. The minimum atomic E-state index is 0.0426. The summed E-state index contributed by atoms with van der Waals surface area (Å²) in [7, 11) is 1.70. The summed E-state index contributed by atoms with van der Waals surface area (Å²) in [6, 6.07) is 60.1. The van der Waals surface area contributed by atoms with Crippen LogP contribution in [0.4, 0.5) is 0 Å². The van der Waals surface area contributed by atoms with Crippen LogP contribution in [0.3, 0.4) is 0 Å². The summed E-state index contributed by atoms with van der Waals surface area (Å²) in [5, 5.41) is 8.59. The van der Waals surface area contributed by atoms with E-state index in [1.165, 1.54) is 71.1 Å². The highest BCUT2D eigenvalue weighted by Crippen LogP contribution is 2.43. The summed E-state index contributed by atoms with van der Waals surface area (Å²) < 4.78 is 5.66. The second-order valence-corrected chi connectivity index (χ2v) is 17.7. The molecule has 0 fully saturated rings. The average Bonchev–Trinajstić information content (AvgIpc) is 4.00. The molecule has 2 aliphatic rings. The zero-order valence-electron chi connectivity index (χ0n) is 35.4. The van der Waals surface area contributed by atoms with E-state index in [-0.39, 0.29) is 11.3 Å². The zero-order chi connectivity index (χ0) is 42.2. The van der Waals surface area contributed by atoms with Crippen LogP contribution in [0, 0.1) is 5.41 Å². The van der Waals surface area contributed by atoms with Crippen LogP contribution in [0.25, 0.3) is 100 Å². The Morgan fingerprint density at radius 3 is 1.97 bits per heavy atom. The normalized spacial score (nSPS) is 14.7. The van der Waals surface area contributed by atoms with E-state index in [0.717, 1.165) is 56.5 Å². The van der Waals surface area contributed by atoms with Crippen LogP contribution < -0.4 is 15.3 Å². The van der Waals surface area contributed by atoms with Crippen molar-refractivity contribution in [3.05, 3.63) is 197 Å². The molecule has 63 heavy (non-hydrogen) atoms. The van der Waals surface area contributed by atoms with Crippen molar-refractivity contribution in [1.82, 2.24) is 19.9 Å². The van der Waals surface area contributed by atoms with Crippen LogP contribution in [-0.2, 0) is 0 Å². The summed E-state index contributed by atoms with van der Waals surface area (Å²) in [4.78, 5) is 17.7. The molecule has 1 unspecified atom stereocenters. The summed E-state index contributed by atoms with van der Waals surface area (Å²) in [5.74, 6) is 1.04. The van der Waals surface area contributed by atoms with Gasteiger partial charge in [-0.2, -0.15) is 0 Å². The smallest absolute Gasteiger partial charge is 0.128 e. The molecule has 0 saturated heterocycles. The van der Waals surface area contributed by atoms with Crippen molar-refractivity contribution >= 4 is 66.7 Å². The van der Waals surface area contributed by atoms with E-state index >= 15 is 0 Å². The predicted molar refractivity (Wildman–Crippen MR) is 262 cm³/mol. The van der Waals surface area contributed by atoms with E-state index in [2.05, 4.69) is 188 Å². The van der Waals surface area contributed by atoms with Crippen LogP contribution in [0.1, 0.15) is 42.9 Å². The van der Waals surface area contributed by atoms with Gasteiger partial charge < -0.3 is 14.7 Å². The third-order valence-electron chi connectivity index (χ3n) is 13.1. The fourth-order valence-electron chi connectivity index (χ4n) is 10.2. The first-order chi connectivity index (χ1) is 30.9. The van der Waals surface area contributed by atoms with Crippen molar-refractivity contribution in [3.8, 4) is 39.4 Å². The molecule has 0 saturated carbocycles. The van der Waals surface area contributed by atoms with E-state index in [1.807, 2.05) is 18.2 Å². The Labute approximate surface area is 365 Å². The lowest BCUT2D eigenvalue weighted by atomic mass is 9.72. The van der Waals surface area contributed by atoms with Crippen LogP contribution in [0.15, 0.2) is 170 Å². The highest BCUT2D eigenvalue weighted by atomic mass is 16.5. The molecule has 0 bridgehead atoms. The maximum atomic E-state index is 5.66. The van der Waals surface area contributed by atoms with E-state index in [4.69, 9.17) is 14.7 Å². The van der Waals surface area contributed by atoms with Gasteiger partial charge in [0.1, 0.15) is 5.75 Å². The molecule has 4 aromatic heterocycles. The molecular formula is C58H44N4O. The van der Waals surface area contributed by atoms with Gasteiger partial charge in [0.05, 0.1) is 29.5 Å². The number of ether oxygens (including phenoxy) is 1. The van der Waals surface area contributed by atoms with Crippen molar-refractivity contribution in [2.24, 2.45) is 5.41 Å². The maximum Gasteiger partial charge on any atom is 0.128 e. The van der Waals surface area contributed by atoms with Gasteiger partial charge in [0.15, 0.2) is 0 Å². The van der Waals surface area contributed by atoms with Gasteiger partial charge in [-0.25, -0.2) is 9.97 Å². The van der Waals surface area contributed by atoms with Gasteiger partial charge in [-0.15, -0.1) is 0 Å². The molecule has 5 heteroatoms. The number of rotatable bonds is 4. The maximum absolute atomic E-state index is 5.66. The molecule has 5 nitrogen and oxygen atoms in total. The van der Waals surface area contributed by atoms with Crippen molar-refractivity contribution in [2.75, 3.05) is 7.11 Å². The molecule has 1 atom stereocenters. The number of H-pyrrole nitrogens is 2. The molecule has 0 aliphatic heterocycles. The van der Waals surface area contributed by atoms with Gasteiger partial charge in [0.25, 0.3) is 0 Å². The minimum absolute atomic E-state index is 0.0426. The topological polar surface area (TPSA) is 66.6 Å². The first-order valence-corrected chi connectivity index (χ1v) is 21.8. The molecule has 302 valence electrons. The summed E-state index contributed by atoms with van der Waals surface area (Å²) in [6.07, 6.45) is 5.78. The van der Waals surface area contributed by atoms with Crippen molar-refractivity contribution in [2.45, 2.75) is 26.2 Å². The Bertz CT molecular complexity index is 3710. The minimum Gasteiger partial charge on any atom is -0.496 e. The zero-order valence-corrected chi connectivity index (χ0v) is 35.4. The van der Waals surface area contributed by atoms with Crippen molar-refractivity contribution in [1.29, 1.82) is 0 Å². The monoisotopic (exact) mass is 812 g/mol. The highest BCUT2D eigenvalue weighted by Gasteiger charge is 2.32. The number of hydrogen-bond acceptors (Lipinski definition) is 3. The Morgan fingerprint density at radius 2 is 1.21 bits per heavy atom. The molecule has 2 aliphatic carbocycles. The van der Waals surface area contributed by atoms with E-state index < -0.39 is 0 Å². The molecular weight excluding hydrogens is 769 g/mol. The largest absolute Gasteiger partial charge is 0.496 e. The quantitative estimate of drug-likeness (QED) is 0.174. The summed E-state index contributed by atoms with van der Waals surface area (Å²) in [5.41, 5.74) is 16.0. The van der Waals surface area contributed by atoms with Gasteiger partial charge in [-0.1, -0.05) is 135 Å². The van der Waals surface area contributed by atoms with E-state index in [0.29, 0.717) is 0 Å². The van der Waals surface area contributed by atoms with Gasteiger partial charge in [0, 0.05) is 65.9 Å². The standard InChI is InChI=1S/C46H35N3O.C12H9N/c1-46(2)25-37(43-36-24-35-32(23-40(36)47-41(43)26-46)22-29-9-4-5-12-33(29)35)30-10-8-11-31(21-30)38-19-17-27-15-16-28-18-20-39(49-45(28)44(27)48-38)34-13-6-7-14-42(34)50-3;1-3-7-11-9(5-1)10-6-2-4-8-12(10)13-11/h4-24,26,37,47H,25H2,1-3H3;1-8,13H. The predicted octanol–water partition coefficient (Wildman–Crippen LogP) is 13.1. The second-order valence-electron chi connectivity index (χ2n) is 17.7. The summed E-state index contributed by atoms with van der Waals surface area (Å²) in [6.45, 7) is 4.70. The molecule has 11 aromatic rings. The number of aromatic amines is 2. The van der Waals surface area contributed by atoms with Gasteiger partial charge in [0.2, 0.25) is 0 Å². The Hall–Kier alpha value is -7.76. The number of nitrogens with one attached hydrogen (secondary N) is 2. The number of aromatic nitrogens is 4. The third kappa shape index (κ3) is 6.30. The Morgan fingerprint density at radius 1 is 0.556 bits per heavy atom. The fraction of sp³-hybridized carbons (Fsp3) is 0.103. The van der Waals surface area contributed by atoms with E-state index in [1.54, 1.807) is 7.11 Å². The number of methoxy groups -OCH3 is 1. The number of nitrogens with zero attached hydrogens (tertiary/aromatic N) is 2. The third-order valence-corrected chi connectivity index (χ3v) is 13.1. The van der Waals surface area contributed by atoms with Crippen molar-refractivity contribution in [3.63, 3.8) is 0 Å². The lowest BCUT2D eigenvalue weighted by Gasteiger charge is -2.31. The Kier molecular flexibility index (Phi) is 8.48. The molecule has 0 amide bonds. The van der Waals surface area contributed by atoms with Crippen molar-refractivity contribution < 1.29 is 4.74 Å². The first kappa shape index (κ1) is 37.0. The van der Waals surface area contributed by atoms with E-state index in [9.17, 15) is 0 Å². The van der Waals surface area contributed by atoms with Gasteiger partial charge >= 0.3 is 0 Å². The molecule has 0 spiro atoms. The lowest BCUT2D eigenvalue weighted by molar-refractivity contribution is 0.416. The number of fused-ring (bicyclic) bond motifs is 12. The first-order valence-electron chi connectivity index (χ1n) is 21.8. The molecule has 7 aromatic carbocycles. The fourth-order valence-corrected chi connectivity index (χ4v) is 10.2. The second kappa shape index (κ2) is 14.4. The molecule has 0 radical (unpaired) electrons. The number of hydrogen-bond donors (Lipinski definition) is 2.